The lowest BCUT2D eigenvalue weighted by Gasteiger charge is -2.02. The highest BCUT2D eigenvalue weighted by molar-refractivity contribution is 5.80. The summed E-state index contributed by atoms with van der Waals surface area (Å²) in [4.78, 5) is 4.58. The summed E-state index contributed by atoms with van der Waals surface area (Å²) in [6.07, 6.45) is 2.08. The first-order valence-electron chi connectivity index (χ1n) is 4.80. The van der Waals surface area contributed by atoms with Crippen molar-refractivity contribution >= 4 is 16.5 Å². The summed E-state index contributed by atoms with van der Waals surface area (Å²) in [5.41, 5.74) is 3.34. The summed E-state index contributed by atoms with van der Waals surface area (Å²) in [5.74, 6) is 0. The third-order valence-corrected chi connectivity index (χ3v) is 2.44. The molecule has 0 unspecified atom stereocenters. The zero-order chi connectivity index (χ0) is 9.97. The van der Waals surface area contributed by atoms with Crippen molar-refractivity contribution in [3.63, 3.8) is 0 Å². The van der Waals surface area contributed by atoms with E-state index in [1.165, 1.54) is 11.0 Å². The first-order valence-corrected chi connectivity index (χ1v) is 4.80. The molecule has 0 bridgehead atoms. The number of nitrogens with zero attached hydrogens (tertiary/aromatic N) is 1. The second kappa shape index (κ2) is 3.62. The minimum absolute atomic E-state index is 1.06. The molecule has 0 spiro atoms. The van der Waals surface area contributed by atoms with Gasteiger partial charge in [-0.25, -0.2) is 4.98 Å². The lowest BCUT2D eigenvalue weighted by molar-refractivity contribution is 1.33. The van der Waals surface area contributed by atoms with Gasteiger partial charge >= 0.3 is 0 Å². The molecule has 0 fully saturated rings. The van der Waals surface area contributed by atoms with Crippen molar-refractivity contribution < 1.29 is 0 Å². The number of para-hydroxylation sites is 1. The zero-order valence-electron chi connectivity index (χ0n) is 8.49. The molecule has 0 atom stereocenters. The third kappa shape index (κ3) is 1.53. The molecule has 1 nitrogen and oxygen atoms in total. The number of aromatic nitrogens is 1. The number of allylic oxidation sites excluding steroid dienone is 2. The van der Waals surface area contributed by atoms with E-state index in [1.54, 1.807) is 0 Å². The zero-order valence-corrected chi connectivity index (χ0v) is 8.49. The molecule has 0 amide bonds. The molecule has 0 saturated carbocycles. The second-order valence-corrected chi connectivity index (χ2v) is 3.36. The summed E-state index contributed by atoms with van der Waals surface area (Å²) in [6.45, 7) is 4.11. The summed E-state index contributed by atoms with van der Waals surface area (Å²) in [5, 5.41) is 1.19. The molecule has 1 heteroatoms. The molecule has 1 heterocycles. The van der Waals surface area contributed by atoms with Crippen LogP contribution in [0.3, 0.4) is 0 Å². The maximum atomic E-state index is 4.58. The highest BCUT2D eigenvalue weighted by Gasteiger charge is 1.98. The molecule has 0 N–H and O–H groups in total. The van der Waals surface area contributed by atoms with Crippen LogP contribution in [0.2, 0.25) is 0 Å². The van der Waals surface area contributed by atoms with Gasteiger partial charge in [0, 0.05) is 5.39 Å². The number of benzene rings is 1. The van der Waals surface area contributed by atoms with Gasteiger partial charge < -0.3 is 0 Å². The fraction of sp³-hybridized carbons (Fsp3) is 0.154. The summed E-state index contributed by atoms with van der Waals surface area (Å²) in [6, 6.07) is 12.4. The standard InChI is InChI=1S/C13H13N/c1-3-10(2)12-9-8-11-6-4-5-7-13(11)14-12/h3-9H,1-2H3/b10-3-. The number of fused-ring (bicyclic) bond motifs is 1. The molecule has 0 saturated heterocycles. The Balaban J connectivity index is 2.62. The largest absolute Gasteiger partial charge is 0.248 e. The minimum Gasteiger partial charge on any atom is -0.248 e. The van der Waals surface area contributed by atoms with E-state index in [4.69, 9.17) is 0 Å². The summed E-state index contributed by atoms with van der Waals surface area (Å²) in [7, 11) is 0. The number of pyridine rings is 1. The van der Waals surface area contributed by atoms with Gasteiger partial charge in [-0.3, -0.25) is 0 Å². The molecule has 0 aliphatic carbocycles. The molecule has 1 aromatic carbocycles. The van der Waals surface area contributed by atoms with Crippen molar-refractivity contribution in [1.82, 2.24) is 4.98 Å². The number of hydrogen-bond donors (Lipinski definition) is 0. The molecule has 2 rings (SSSR count). The van der Waals surface area contributed by atoms with Gasteiger partial charge in [0.25, 0.3) is 0 Å². The van der Waals surface area contributed by atoms with E-state index in [2.05, 4.69) is 36.2 Å². The van der Waals surface area contributed by atoms with Gasteiger partial charge in [-0.15, -0.1) is 0 Å². The van der Waals surface area contributed by atoms with Crippen LogP contribution in [0.15, 0.2) is 42.5 Å². The Morgan fingerprint density at radius 1 is 1.14 bits per heavy atom. The van der Waals surface area contributed by atoms with Gasteiger partial charge in [0.2, 0.25) is 0 Å². The maximum absolute atomic E-state index is 4.58. The Kier molecular flexibility index (Phi) is 2.32. The van der Waals surface area contributed by atoms with Gasteiger partial charge in [-0.1, -0.05) is 30.3 Å². The van der Waals surface area contributed by atoms with Crippen LogP contribution in [0.1, 0.15) is 19.5 Å². The number of hydrogen-bond acceptors (Lipinski definition) is 1. The second-order valence-electron chi connectivity index (χ2n) is 3.36. The Morgan fingerprint density at radius 2 is 1.93 bits per heavy atom. The molecule has 0 aliphatic rings. The predicted octanol–water partition coefficient (Wildman–Crippen LogP) is 3.66. The van der Waals surface area contributed by atoms with Crippen molar-refractivity contribution in [2.45, 2.75) is 13.8 Å². The van der Waals surface area contributed by atoms with Crippen LogP contribution < -0.4 is 0 Å². The van der Waals surface area contributed by atoms with Crippen LogP contribution in [0.4, 0.5) is 0 Å². The smallest absolute Gasteiger partial charge is 0.0709 e. The van der Waals surface area contributed by atoms with Crippen molar-refractivity contribution in [2.75, 3.05) is 0 Å². The molecular formula is C13H13N. The highest BCUT2D eigenvalue weighted by atomic mass is 14.7. The SMILES string of the molecule is C/C=C(/C)c1ccc2ccccc2n1. The van der Waals surface area contributed by atoms with Crippen molar-refractivity contribution in [2.24, 2.45) is 0 Å². The fourth-order valence-corrected chi connectivity index (χ4v) is 1.43. The lowest BCUT2D eigenvalue weighted by Crippen LogP contribution is -1.86. The van der Waals surface area contributed by atoms with Crippen LogP contribution in [0.5, 0.6) is 0 Å². The topological polar surface area (TPSA) is 12.9 Å². The molecule has 0 radical (unpaired) electrons. The summed E-state index contributed by atoms with van der Waals surface area (Å²) >= 11 is 0. The van der Waals surface area contributed by atoms with Crippen molar-refractivity contribution in [3.05, 3.63) is 48.2 Å². The minimum atomic E-state index is 1.06. The average molecular weight is 183 g/mol. The Labute approximate surface area is 84.1 Å². The van der Waals surface area contributed by atoms with Gasteiger partial charge in [0.15, 0.2) is 0 Å². The first-order chi connectivity index (χ1) is 6.81. The van der Waals surface area contributed by atoms with E-state index in [0.717, 1.165) is 11.2 Å². The molecular weight excluding hydrogens is 170 g/mol. The van der Waals surface area contributed by atoms with Gasteiger partial charge in [0.05, 0.1) is 11.2 Å². The fourth-order valence-electron chi connectivity index (χ4n) is 1.43. The van der Waals surface area contributed by atoms with E-state index in [-0.39, 0.29) is 0 Å². The van der Waals surface area contributed by atoms with E-state index in [0.29, 0.717) is 0 Å². The highest BCUT2D eigenvalue weighted by Crippen LogP contribution is 2.16. The molecule has 2 aromatic rings. The van der Waals surface area contributed by atoms with E-state index in [1.807, 2.05) is 25.1 Å². The first kappa shape index (κ1) is 8.95. The number of rotatable bonds is 1. The van der Waals surface area contributed by atoms with Crippen LogP contribution in [0, 0.1) is 0 Å². The van der Waals surface area contributed by atoms with Crippen molar-refractivity contribution in [1.29, 1.82) is 0 Å². The average Bonchev–Trinajstić information content (AvgIpc) is 2.27. The Morgan fingerprint density at radius 3 is 2.71 bits per heavy atom. The quantitative estimate of drug-likeness (QED) is 0.657. The molecule has 70 valence electrons. The lowest BCUT2D eigenvalue weighted by atomic mass is 10.1. The van der Waals surface area contributed by atoms with Crippen LogP contribution in [-0.4, -0.2) is 4.98 Å². The van der Waals surface area contributed by atoms with Crippen LogP contribution >= 0.6 is 0 Å². The Hall–Kier alpha value is -1.63. The third-order valence-electron chi connectivity index (χ3n) is 2.44. The molecule has 14 heavy (non-hydrogen) atoms. The van der Waals surface area contributed by atoms with E-state index >= 15 is 0 Å². The van der Waals surface area contributed by atoms with Gasteiger partial charge in [-0.2, -0.15) is 0 Å². The van der Waals surface area contributed by atoms with Crippen LogP contribution in [0.25, 0.3) is 16.5 Å². The van der Waals surface area contributed by atoms with E-state index < -0.39 is 0 Å². The van der Waals surface area contributed by atoms with Crippen LogP contribution in [-0.2, 0) is 0 Å². The Bertz CT molecular complexity index is 483. The van der Waals surface area contributed by atoms with E-state index in [9.17, 15) is 0 Å². The monoisotopic (exact) mass is 183 g/mol. The molecule has 1 aromatic heterocycles. The predicted molar refractivity (Wildman–Crippen MR) is 61.1 cm³/mol. The maximum Gasteiger partial charge on any atom is 0.0709 e. The normalized spacial score (nSPS) is 12.0. The molecule has 0 aliphatic heterocycles. The van der Waals surface area contributed by atoms with Gasteiger partial charge in [-0.05, 0) is 31.6 Å². The van der Waals surface area contributed by atoms with Crippen molar-refractivity contribution in [3.8, 4) is 0 Å². The van der Waals surface area contributed by atoms with Gasteiger partial charge in [0.1, 0.15) is 0 Å². The summed E-state index contributed by atoms with van der Waals surface area (Å²) < 4.78 is 0.